The van der Waals surface area contributed by atoms with E-state index in [0.29, 0.717) is 5.82 Å². The molecule has 0 saturated carbocycles. The fourth-order valence-corrected chi connectivity index (χ4v) is 3.07. The maximum Gasteiger partial charge on any atom is 0.262 e. The number of rotatable bonds is 3. The molecule has 13 heteroatoms. The van der Waals surface area contributed by atoms with Crippen LogP contribution in [-0.4, -0.2) is 21.1 Å². The molecular weight excluding hydrogens is 660 g/mol. The van der Waals surface area contributed by atoms with Crippen molar-refractivity contribution in [2.24, 2.45) is 0 Å². The highest BCUT2D eigenvalue weighted by atomic mass is 79.9. The average Bonchev–Trinajstić information content (AvgIpc) is 2.83. The van der Waals surface area contributed by atoms with Crippen molar-refractivity contribution in [2.75, 3.05) is 11.1 Å². The van der Waals surface area contributed by atoms with Crippen molar-refractivity contribution in [3.8, 4) is 0 Å². The first-order chi connectivity index (χ1) is 17.5. The van der Waals surface area contributed by atoms with E-state index in [2.05, 4.69) is 47.1 Å². The number of amides is 1. The van der Waals surface area contributed by atoms with Crippen LogP contribution < -0.4 is 11.1 Å². The van der Waals surface area contributed by atoms with Crippen LogP contribution in [0.2, 0.25) is 0 Å². The lowest BCUT2D eigenvalue weighted by molar-refractivity contribution is 0.101. The first-order valence-electron chi connectivity index (χ1n) is 9.87. The number of hydrogen-bond acceptors (Lipinski definition) is 5. The lowest BCUT2D eigenvalue weighted by Gasteiger charge is -2.06. The number of nitrogen functional groups attached to an aromatic ring is 1. The molecule has 0 atom stereocenters. The highest BCUT2D eigenvalue weighted by molar-refractivity contribution is 9.10. The number of benzene rings is 2. The number of carbonyl (C=O) groups is 2. The van der Waals surface area contributed by atoms with E-state index in [1.165, 1.54) is 18.3 Å². The van der Waals surface area contributed by atoms with E-state index in [9.17, 15) is 27.2 Å². The van der Waals surface area contributed by atoms with Gasteiger partial charge in [-0.1, -0.05) is 19.6 Å². The number of nitrogens with one attached hydrogen (secondary N) is 1. The number of pyridine rings is 2. The van der Waals surface area contributed by atoms with E-state index in [1.807, 2.05) is 6.07 Å². The summed E-state index contributed by atoms with van der Waals surface area (Å²) in [5.41, 5.74) is 3.97. The Morgan fingerprint density at radius 3 is 1.53 bits per heavy atom. The van der Waals surface area contributed by atoms with Gasteiger partial charge in [0.1, 0.15) is 46.0 Å². The van der Waals surface area contributed by atoms with Gasteiger partial charge in [0.25, 0.3) is 11.1 Å². The second kappa shape index (κ2) is 15.8. The number of anilines is 2. The van der Waals surface area contributed by atoms with Gasteiger partial charge < -0.3 is 11.1 Å². The highest BCUT2D eigenvalue weighted by Gasteiger charge is 2.17. The summed E-state index contributed by atoms with van der Waals surface area (Å²) in [6.07, 6.45) is 3.13. The van der Waals surface area contributed by atoms with Crippen LogP contribution in [0, 0.1) is 23.3 Å². The molecule has 2 aromatic carbocycles. The minimum Gasteiger partial charge on any atom is -0.384 e. The van der Waals surface area contributed by atoms with Crippen LogP contribution in [0.5, 0.6) is 0 Å². The van der Waals surface area contributed by atoms with Gasteiger partial charge >= 0.3 is 0 Å². The maximum absolute atomic E-state index is 13.3. The number of hydrogen-bond donors (Lipinski definition) is 2. The molecule has 0 aliphatic carbocycles. The van der Waals surface area contributed by atoms with Gasteiger partial charge in [-0.25, -0.2) is 27.5 Å². The van der Waals surface area contributed by atoms with E-state index < -0.39 is 45.5 Å². The fourth-order valence-electron chi connectivity index (χ4n) is 2.42. The SMILES string of the molecule is C.Nc1ccc(Br)cn1.O=C(Cl)c1c(F)cccc1F.O=C(Nc1ccc(Br)cn1)c1c(F)cccc1F. The second-order valence-electron chi connectivity index (χ2n) is 6.68. The van der Waals surface area contributed by atoms with Gasteiger partial charge in [-0.15, -0.1) is 0 Å². The van der Waals surface area contributed by atoms with E-state index in [-0.39, 0.29) is 13.2 Å². The third-order valence-corrected chi connectivity index (χ3v) is 5.20. The Labute approximate surface area is 237 Å². The van der Waals surface area contributed by atoms with Crippen molar-refractivity contribution in [2.45, 2.75) is 7.43 Å². The van der Waals surface area contributed by atoms with Gasteiger partial charge in [0.05, 0.1) is 0 Å². The predicted molar refractivity (Wildman–Crippen MR) is 146 cm³/mol. The molecule has 0 saturated heterocycles. The van der Waals surface area contributed by atoms with Crippen molar-refractivity contribution in [1.29, 1.82) is 0 Å². The molecule has 0 bridgehead atoms. The molecule has 0 aliphatic rings. The Bertz CT molecular complexity index is 1320. The lowest BCUT2D eigenvalue weighted by atomic mass is 10.2. The van der Waals surface area contributed by atoms with Crippen LogP contribution >= 0.6 is 43.5 Å². The van der Waals surface area contributed by atoms with E-state index in [0.717, 1.165) is 39.3 Å². The van der Waals surface area contributed by atoms with Gasteiger partial charge in [-0.05, 0) is 92.0 Å². The van der Waals surface area contributed by atoms with Crippen LogP contribution in [0.4, 0.5) is 29.2 Å². The standard InChI is InChI=1S/C12H7BrF2N2O.C7H3ClF2O.C5H5BrN2.CH4/c13-7-4-5-10(16-6-7)17-12(18)11-8(14)2-1-3-9(11)15;8-7(11)6-4(9)2-1-3-5(6)10;6-4-1-2-5(7)8-3-4;/h1-6H,(H,16,17,18);1-3H;1-3H,(H2,7,8);1H4. The molecular formula is C25H19Br2ClF4N4O2. The van der Waals surface area contributed by atoms with Gasteiger partial charge in [-0.2, -0.15) is 0 Å². The summed E-state index contributed by atoms with van der Waals surface area (Å²) < 4.78 is 53.5. The molecule has 3 N–H and O–H groups in total. The normalized spacial score (nSPS) is 9.55. The average molecular weight is 679 g/mol. The Hall–Kier alpha value is -3.35. The molecule has 2 aromatic heterocycles. The molecule has 38 heavy (non-hydrogen) atoms. The zero-order valence-corrected chi connectivity index (χ0v) is 22.3. The monoisotopic (exact) mass is 676 g/mol. The fraction of sp³-hybridized carbons (Fsp3) is 0.0400. The minimum atomic E-state index is -1.12. The molecule has 6 nitrogen and oxygen atoms in total. The summed E-state index contributed by atoms with van der Waals surface area (Å²) in [7, 11) is 0. The van der Waals surface area contributed by atoms with Gasteiger partial charge in [0.2, 0.25) is 0 Å². The molecule has 4 rings (SSSR count). The largest absolute Gasteiger partial charge is 0.384 e. The molecule has 0 radical (unpaired) electrons. The van der Waals surface area contributed by atoms with Gasteiger partial charge in [0, 0.05) is 21.3 Å². The first-order valence-corrected chi connectivity index (χ1v) is 11.8. The van der Waals surface area contributed by atoms with Crippen molar-refractivity contribution >= 4 is 66.2 Å². The smallest absolute Gasteiger partial charge is 0.262 e. The van der Waals surface area contributed by atoms with E-state index in [4.69, 9.17) is 17.3 Å². The summed E-state index contributed by atoms with van der Waals surface area (Å²) in [6, 6.07) is 13.1. The zero-order chi connectivity index (χ0) is 27.5. The maximum atomic E-state index is 13.3. The molecule has 2 heterocycles. The topological polar surface area (TPSA) is 98.0 Å². The Kier molecular flexibility index (Phi) is 13.6. The molecule has 0 spiro atoms. The molecule has 200 valence electrons. The van der Waals surface area contributed by atoms with Crippen molar-refractivity contribution in [1.82, 2.24) is 9.97 Å². The molecule has 0 unspecified atom stereocenters. The summed E-state index contributed by atoms with van der Waals surface area (Å²) in [5.74, 6) is -3.82. The van der Waals surface area contributed by atoms with Gasteiger partial charge in [-0.3, -0.25) is 9.59 Å². The number of nitrogens with zero attached hydrogens (tertiary/aromatic N) is 2. The zero-order valence-electron chi connectivity index (χ0n) is 18.4. The number of carbonyl (C=O) groups excluding carboxylic acids is 2. The predicted octanol–water partition coefficient (Wildman–Crippen LogP) is 7.78. The quantitative estimate of drug-likeness (QED) is 0.170. The van der Waals surface area contributed by atoms with Gasteiger partial charge in [0.15, 0.2) is 0 Å². The number of halogens is 7. The molecule has 0 fully saturated rings. The van der Waals surface area contributed by atoms with Crippen molar-refractivity contribution in [3.05, 3.63) is 116 Å². The third-order valence-electron chi connectivity index (χ3n) is 4.07. The molecule has 0 aliphatic heterocycles. The summed E-state index contributed by atoms with van der Waals surface area (Å²) >= 11 is 11.3. The summed E-state index contributed by atoms with van der Waals surface area (Å²) in [6.45, 7) is 0. The minimum absolute atomic E-state index is 0. The van der Waals surface area contributed by atoms with Crippen LogP contribution in [-0.2, 0) is 0 Å². The molecule has 4 aromatic rings. The molecule has 1 amide bonds. The second-order valence-corrected chi connectivity index (χ2v) is 8.86. The Morgan fingerprint density at radius 1 is 0.737 bits per heavy atom. The van der Waals surface area contributed by atoms with Crippen LogP contribution in [0.25, 0.3) is 0 Å². The Balaban J connectivity index is 0.000000309. The van der Waals surface area contributed by atoms with E-state index >= 15 is 0 Å². The van der Waals surface area contributed by atoms with E-state index in [1.54, 1.807) is 18.3 Å². The number of aromatic nitrogens is 2. The summed E-state index contributed by atoms with van der Waals surface area (Å²) in [4.78, 5) is 29.8. The van der Waals surface area contributed by atoms with Crippen LogP contribution in [0.15, 0.2) is 82.0 Å². The Morgan fingerprint density at radius 2 is 1.18 bits per heavy atom. The van der Waals surface area contributed by atoms with Crippen molar-refractivity contribution < 1.29 is 27.2 Å². The third kappa shape index (κ3) is 10.2. The summed E-state index contributed by atoms with van der Waals surface area (Å²) in [5, 5.41) is 1.19. The lowest BCUT2D eigenvalue weighted by Crippen LogP contribution is -2.16. The van der Waals surface area contributed by atoms with Crippen LogP contribution in [0.3, 0.4) is 0 Å². The first kappa shape index (κ1) is 32.7. The van der Waals surface area contributed by atoms with Crippen molar-refractivity contribution in [3.63, 3.8) is 0 Å². The highest BCUT2D eigenvalue weighted by Crippen LogP contribution is 2.16. The number of nitrogens with two attached hydrogens (primary N) is 1. The van der Waals surface area contributed by atoms with Crippen LogP contribution in [0.1, 0.15) is 28.1 Å².